The van der Waals surface area contributed by atoms with E-state index in [2.05, 4.69) is 25.9 Å². The molecule has 1 aromatic carbocycles. The summed E-state index contributed by atoms with van der Waals surface area (Å²) in [4.78, 5) is 8.37. The van der Waals surface area contributed by atoms with E-state index in [1.165, 1.54) is 0 Å². The number of hydrogen-bond donors (Lipinski definition) is 1. The Hall–Kier alpha value is -1.78. The summed E-state index contributed by atoms with van der Waals surface area (Å²) in [6.07, 6.45) is 4.41. The summed E-state index contributed by atoms with van der Waals surface area (Å²) < 4.78 is 0.795. The number of hydrogen-bond acceptors (Lipinski definition) is 3. The van der Waals surface area contributed by atoms with Crippen molar-refractivity contribution in [2.75, 3.05) is 0 Å². The van der Waals surface area contributed by atoms with Gasteiger partial charge >= 0.3 is 0 Å². The lowest BCUT2D eigenvalue weighted by Crippen LogP contribution is -2.04. The number of aliphatic hydroxyl groups is 1. The summed E-state index contributed by atoms with van der Waals surface area (Å²) in [5, 5.41) is 12.5. The lowest BCUT2D eigenvalue weighted by molar-refractivity contribution is 0.216. The Morgan fingerprint density at radius 1 is 1.05 bits per heavy atom. The van der Waals surface area contributed by atoms with Gasteiger partial charge in [0.2, 0.25) is 0 Å². The molecular formula is C15H11BrN2O. The van der Waals surface area contributed by atoms with Crippen LogP contribution in [-0.4, -0.2) is 15.1 Å². The van der Waals surface area contributed by atoms with Gasteiger partial charge in [0.1, 0.15) is 6.10 Å². The van der Waals surface area contributed by atoms with Crippen molar-refractivity contribution < 1.29 is 5.11 Å². The zero-order valence-corrected chi connectivity index (χ0v) is 11.6. The Labute approximate surface area is 119 Å². The van der Waals surface area contributed by atoms with E-state index in [9.17, 15) is 5.11 Å². The zero-order valence-electron chi connectivity index (χ0n) is 9.99. The van der Waals surface area contributed by atoms with Gasteiger partial charge in [0.25, 0.3) is 0 Å². The average molecular weight is 315 g/mol. The first-order valence-corrected chi connectivity index (χ1v) is 6.68. The van der Waals surface area contributed by atoms with Crippen LogP contribution < -0.4 is 0 Å². The van der Waals surface area contributed by atoms with Crippen molar-refractivity contribution in [1.82, 2.24) is 9.97 Å². The number of fused-ring (bicyclic) bond motifs is 1. The standard InChI is InChI=1S/C15H11BrN2O/c16-13-5-2-7-18-14(13)15(19)11-4-1-3-10-6-8-17-9-12(10)11/h1-9,15,19H. The van der Waals surface area contributed by atoms with Crippen LogP contribution >= 0.6 is 15.9 Å². The van der Waals surface area contributed by atoms with Crippen molar-refractivity contribution in [1.29, 1.82) is 0 Å². The lowest BCUT2D eigenvalue weighted by atomic mass is 10.00. The molecule has 0 saturated heterocycles. The van der Waals surface area contributed by atoms with Crippen LogP contribution in [0.2, 0.25) is 0 Å². The van der Waals surface area contributed by atoms with Gasteiger partial charge in [0.05, 0.1) is 5.69 Å². The van der Waals surface area contributed by atoms with Crippen molar-refractivity contribution in [3.63, 3.8) is 0 Å². The molecule has 0 aliphatic carbocycles. The Morgan fingerprint density at radius 2 is 1.95 bits per heavy atom. The first-order valence-electron chi connectivity index (χ1n) is 5.88. The molecule has 0 spiro atoms. The van der Waals surface area contributed by atoms with Crippen LogP contribution in [-0.2, 0) is 0 Å². The fourth-order valence-electron chi connectivity index (χ4n) is 2.12. The smallest absolute Gasteiger partial charge is 0.123 e. The molecule has 1 N–H and O–H groups in total. The third kappa shape index (κ3) is 2.25. The second-order valence-electron chi connectivity index (χ2n) is 4.22. The number of pyridine rings is 2. The SMILES string of the molecule is OC(c1ncccc1Br)c1cccc2ccncc12. The molecule has 0 aliphatic rings. The van der Waals surface area contributed by atoms with Crippen LogP contribution in [0.15, 0.2) is 59.5 Å². The van der Waals surface area contributed by atoms with E-state index in [0.29, 0.717) is 5.69 Å². The largest absolute Gasteiger partial charge is 0.382 e. The van der Waals surface area contributed by atoms with Crippen molar-refractivity contribution in [2.45, 2.75) is 6.10 Å². The number of nitrogens with zero attached hydrogens (tertiary/aromatic N) is 2. The first-order chi connectivity index (χ1) is 9.27. The van der Waals surface area contributed by atoms with Gasteiger partial charge < -0.3 is 5.11 Å². The van der Waals surface area contributed by atoms with Crippen molar-refractivity contribution >= 4 is 26.7 Å². The fraction of sp³-hybridized carbons (Fsp3) is 0.0667. The highest BCUT2D eigenvalue weighted by atomic mass is 79.9. The molecule has 2 aromatic heterocycles. The molecule has 3 aromatic rings. The second-order valence-corrected chi connectivity index (χ2v) is 5.07. The third-order valence-electron chi connectivity index (χ3n) is 3.06. The van der Waals surface area contributed by atoms with E-state index < -0.39 is 6.10 Å². The van der Waals surface area contributed by atoms with Gasteiger partial charge in [0, 0.05) is 28.4 Å². The monoisotopic (exact) mass is 314 g/mol. The van der Waals surface area contributed by atoms with Crippen LogP contribution in [0, 0.1) is 0 Å². The fourth-order valence-corrected chi connectivity index (χ4v) is 2.59. The number of benzene rings is 1. The summed E-state index contributed by atoms with van der Waals surface area (Å²) in [7, 11) is 0. The molecule has 1 atom stereocenters. The van der Waals surface area contributed by atoms with Gasteiger partial charge in [-0.05, 0) is 45.1 Å². The van der Waals surface area contributed by atoms with Gasteiger partial charge in [-0.25, -0.2) is 0 Å². The molecule has 3 rings (SSSR count). The summed E-state index contributed by atoms with van der Waals surface area (Å²) in [6.45, 7) is 0. The Morgan fingerprint density at radius 3 is 2.79 bits per heavy atom. The molecule has 4 heteroatoms. The Bertz CT molecular complexity index is 725. The molecule has 2 heterocycles. The van der Waals surface area contributed by atoms with Crippen molar-refractivity contribution in [2.24, 2.45) is 0 Å². The van der Waals surface area contributed by atoms with Crippen LogP contribution in [0.5, 0.6) is 0 Å². The summed E-state index contributed by atoms with van der Waals surface area (Å²) in [5.41, 5.74) is 1.42. The Kier molecular flexibility index (Phi) is 3.27. The molecule has 0 bridgehead atoms. The highest BCUT2D eigenvalue weighted by molar-refractivity contribution is 9.10. The lowest BCUT2D eigenvalue weighted by Gasteiger charge is -2.14. The first kappa shape index (κ1) is 12.3. The van der Waals surface area contributed by atoms with E-state index in [0.717, 1.165) is 20.8 Å². The van der Waals surface area contributed by atoms with E-state index in [1.54, 1.807) is 18.6 Å². The van der Waals surface area contributed by atoms with Crippen LogP contribution in [0.25, 0.3) is 10.8 Å². The van der Waals surface area contributed by atoms with Gasteiger partial charge in [0.15, 0.2) is 0 Å². The van der Waals surface area contributed by atoms with Gasteiger partial charge in [-0.15, -0.1) is 0 Å². The normalized spacial score (nSPS) is 12.5. The molecule has 19 heavy (non-hydrogen) atoms. The number of rotatable bonds is 2. The summed E-state index contributed by atoms with van der Waals surface area (Å²) in [5.74, 6) is 0. The minimum absolute atomic E-state index is 0.610. The molecule has 0 saturated carbocycles. The molecule has 0 amide bonds. The zero-order chi connectivity index (χ0) is 13.2. The highest BCUT2D eigenvalue weighted by Crippen LogP contribution is 2.30. The van der Waals surface area contributed by atoms with E-state index in [4.69, 9.17) is 0 Å². The van der Waals surface area contributed by atoms with Gasteiger partial charge in [-0.3, -0.25) is 9.97 Å². The second kappa shape index (κ2) is 5.07. The van der Waals surface area contributed by atoms with Crippen molar-refractivity contribution in [3.05, 3.63) is 70.7 Å². The molecule has 94 valence electrons. The number of aliphatic hydroxyl groups excluding tert-OH is 1. The predicted octanol–water partition coefficient (Wildman–Crippen LogP) is 3.47. The predicted molar refractivity (Wildman–Crippen MR) is 77.7 cm³/mol. The molecule has 1 unspecified atom stereocenters. The maximum absolute atomic E-state index is 10.6. The number of halogens is 1. The summed E-state index contributed by atoms with van der Waals surface area (Å²) >= 11 is 3.42. The third-order valence-corrected chi connectivity index (χ3v) is 3.73. The average Bonchev–Trinajstić information content (AvgIpc) is 2.46. The van der Waals surface area contributed by atoms with Crippen LogP contribution in [0.4, 0.5) is 0 Å². The minimum Gasteiger partial charge on any atom is -0.382 e. The van der Waals surface area contributed by atoms with Crippen molar-refractivity contribution in [3.8, 4) is 0 Å². The maximum atomic E-state index is 10.6. The molecular weight excluding hydrogens is 304 g/mol. The molecule has 3 nitrogen and oxygen atoms in total. The van der Waals surface area contributed by atoms with Crippen LogP contribution in [0.3, 0.4) is 0 Å². The van der Waals surface area contributed by atoms with E-state index in [-0.39, 0.29) is 0 Å². The quantitative estimate of drug-likeness (QED) is 0.787. The molecule has 0 fully saturated rings. The topological polar surface area (TPSA) is 46.0 Å². The number of aromatic nitrogens is 2. The summed E-state index contributed by atoms with van der Waals surface area (Å²) in [6, 6.07) is 11.5. The molecule has 0 aliphatic heterocycles. The van der Waals surface area contributed by atoms with Crippen LogP contribution in [0.1, 0.15) is 17.4 Å². The Balaban J connectivity index is 2.17. The van der Waals surface area contributed by atoms with E-state index >= 15 is 0 Å². The minimum atomic E-state index is -0.775. The van der Waals surface area contributed by atoms with E-state index in [1.807, 2.05) is 36.4 Å². The highest BCUT2D eigenvalue weighted by Gasteiger charge is 2.17. The van der Waals surface area contributed by atoms with Gasteiger partial charge in [-0.2, -0.15) is 0 Å². The maximum Gasteiger partial charge on any atom is 0.123 e. The molecule has 0 radical (unpaired) electrons. The van der Waals surface area contributed by atoms with Gasteiger partial charge in [-0.1, -0.05) is 18.2 Å².